The second-order valence-corrected chi connectivity index (χ2v) is 32.0. The van der Waals surface area contributed by atoms with Gasteiger partial charge in [0, 0.05) is 110 Å². The van der Waals surface area contributed by atoms with Crippen LogP contribution in [-0.4, -0.2) is 145 Å². The van der Waals surface area contributed by atoms with E-state index in [1.165, 1.54) is 0 Å². The predicted octanol–water partition coefficient (Wildman–Crippen LogP) is 20.0. The summed E-state index contributed by atoms with van der Waals surface area (Å²) in [5, 5.41) is 52.3. The molecule has 10 aromatic heterocycles. The Labute approximate surface area is 785 Å². The molecule has 19 N–H and O–H groups in total. The summed E-state index contributed by atoms with van der Waals surface area (Å²) < 4.78 is 1.79. The zero-order chi connectivity index (χ0) is 93.6. The largest absolute Gasteiger partial charge is 0.381 e. The molecule has 0 fully saturated rings. The smallest absolute Gasteiger partial charge is 0.324 e. The first-order valence-corrected chi connectivity index (χ1v) is 43.3. The van der Waals surface area contributed by atoms with Gasteiger partial charge in [-0.25, -0.2) is 54.3 Å². The number of hydrogen-bond acceptors (Lipinski definition) is 22. The molecule has 0 radical (unpaired) electrons. The molecule has 0 unspecified atom stereocenters. The van der Waals surface area contributed by atoms with Crippen molar-refractivity contribution >= 4 is 172 Å². The van der Waals surface area contributed by atoms with E-state index in [1.54, 1.807) is 90.4 Å². The van der Waals surface area contributed by atoms with Gasteiger partial charge in [0.2, 0.25) is 0 Å². The van der Waals surface area contributed by atoms with Gasteiger partial charge in [0.05, 0.1) is 130 Å². The third kappa shape index (κ3) is 21.2. The number of aromatic amines is 4. The Kier molecular flexibility index (Phi) is 27.6. The predicted molar refractivity (Wildman–Crippen MR) is 532 cm³/mol. The monoisotopic (exact) mass is 1860 g/mol. The maximum absolute atomic E-state index is 12.7. The number of nitrogens with two attached hydrogens (primary N) is 4. The minimum absolute atomic E-state index is 0.0790. The van der Waals surface area contributed by atoms with Crippen molar-refractivity contribution < 1.29 is 19.2 Å². The van der Waals surface area contributed by atoms with Gasteiger partial charge in [0.25, 0.3) is 5.91 Å². The summed E-state index contributed by atoms with van der Waals surface area (Å²) in [6.07, 6.45) is 11.8. The zero-order valence-electron chi connectivity index (χ0n) is 72.2. The van der Waals surface area contributed by atoms with Crippen LogP contribution in [0.2, 0.25) is 20.1 Å². The molecular weight excluding hydrogens is 1780 g/mol. The van der Waals surface area contributed by atoms with Crippen molar-refractivity contribution in [3.8, 4) is 90.1 Å². The van der Waals surface area contributed by atoms with Crippen molar-refractivity contribution in [3.63, 3.8) is 0 Å². The van der Waals surface area contributed by atoms with E-state index in [0.29, 0.717) is 100 Å². The van der Waals surface area contributed by atoms with Gasteiger partial charge in [-0.15, -0.1) is 0 Å². The molecule has 0 aliphatic carbocycles. The SMILES string of the molecule is CCN(CC)CCNC(=O)Nc1nc(-c2cc(Cl)c3[nH]ncc3c2)c(-c2ccccc2)nc1N.Cc1ccc(NC(=O)Nc2nc(-c3cc(Cl)c4[nH]ncc4c3)c(-c3ccccc3)nc2N)cc1.Cc1ccc(NC(=O)Nc2nc(-c3cc(Cl)c4[nH]ncc4c3)c(-c3ccccc3)nc2N)cn1.Cn1ccc(C(=O)Nc2nc(-c3cc(Cl)c4[nH]ncc4c3)c(-c3ccccc3)nc2N)c1. The number of halogens is 4. The van der Waals surface area contributed by atoms with Crippen LogP contribution < -0.4 is 60.2 Å². The summed E-state index contributed by atoms with van der Waals surface area (Å²) in [6, 6.07) is 64.4. The zero-order valence-corrected chi connectivity index (χ0v) is 75.3. The fraction of sp³-hybridized carbons (Fsp3) is 0.0938. The summed E-state index contributed by atoms with van der Waals surface area (Å²) in [5.41, 5.74) is 42.0. The fourth-order valence-corrected chi connectivity index (χ4v) is 15.4. The van der Waals surface area contributed by atoms with Crippen LogP contribution in [0.1, 0.15) is 35.5 Å². The number of H-pyrrole nitrogens is 4. The van der Waals surface area contributed by atoms with Crippen LogP contribution >= 0.6 is 46.4 Å². The number of aromatic nitrogens is 18. The molecular formula is C96H84Cl4N30O4. The highest BCUT2D eigenvalue weighted by molar-refractivity contribution is 6.37. The van der Waals surface area contributed by atoms with Crippen LogP contribution in [-0.2, 0) is 7.05 Å². The molecule has 134 heavy (non-hydrogen) atoms. The number of rotatable bonds is 20. The average Bonchev–Trinajstić information content (AvgIpc) is 1.34. The van der Waals surface area contributed by atoms with Gasteiger partial charge in [0.15, 0.2) is 46.5 Å². The first-order chi connectivity index (χ1) is 64.9. The third-order valence-corrected chi connectivity index (χ3v) is 22.3. The lowest BCUT2D eigenvalue weighted by Gasteiger charge is -2.18. The summed E-state index contributed by atoms with van der Waals surface area (Å²) >= 11 is 25.9. The Morgan fingerprint density at radius 3 is 1.01 bits per heavy atom. The number of nitrogens with zero attached hydrogens (tertiary/aromatic N) is 15. The van der Waals surface area contributed by atoms with Gasteiger partial charge < -0.3 is 53.7 Å². The number of likely N-dealkylation sites (N-methyl/N-ethyl adjacent to an activating group) is 1. The van der Waals surface area contributed by atoms with Crippen LogP contribution in [0.3, 0.4) is 0 Å². The molecule has 10 heterocycles. The highest BCUT2D eigenvalue weighted by Crippen LogP contribution is 2.42. The first-order valence-electron chi connectivity index (χ1n) is 41.7. The van der Waals surface area contributed by atoms with Gasteiger partial charge in [0.1, 0.15) is 0 Å². The molecule has 0 aliphatic rings. The number of anilines is 10. The molecule has 0 bridgehead atoms. The number of nitrogens with one attached hydrogen (secondary N) is 11. The highest BCUT2D eigenvalue weighted by atomic mass is 35.5. The van der Waals surface area contributed by atoms with Crippen molar-refractivity contribution in [2.45, 2.75) is 27.7 Å². The molecule has 0 saturated heterocycles. The normalized spacial score (nSPS) is 11.0. The van der Waals surface area contributed by atoms with E-state index in [2.05, 4.69) is 127 Å². The van der Waals surface area contributed by atoms with Gasteiger partial charge >= 0.3 is 18.1 Å². The van der Waals surface area contributed by atoms with E-state index >= 15 is 0 Å². The quantitative estimate of drug-likeness (QED) is 0.0337. The molecule has 9 aromatic carbocycles. The van der Waals surface area contributed by atoms with Gasteiger partial charge in [-0.1, -0.05) is 199 Å². The number of amides is 7. The number of pyridine rings is 1. The van der Waals surface area contributed by atoms with E-state index in [4.69, 9.17) is 84.3 Å². The van der Waals surface area contributed by atoms with E-state index in [0.717, 1.165) is 108 Å². The van der Waals surface area contributed by atoms with Crippen LogP contribution in [0.5, 0.6) is 0 Å². The van der Waals surface area contributed by atoms with E-state index in [1.807, 2.05) is 191 Å². The average molecular weight is 1860 g/mol. The standard InChI is InChI=1S/C25H20ClN7O.C24H19ClN8O.C24H27ClN8O.C23H18ClN7O/c1-14-7-9-18(10-8-14)29-25(34)32-24-23(27)30-21(15-5-3-2-4-6-15)22(31-24)16-11-17-13-28-33-20(17)19(26)12-16;1-13-7-8-17(12-27-13)29-24(34)32-23-22(26)30-20(14-5-3-2-4-6-14)21(31-23)15-9-16-11-28-33-19(16)18(25)10-15;1-3-33(4-2)11-10-27-24(34)31-23-22(26)29-20(15-8-6-5-7-9-15)21(30-23)16-12-17-14-28-32-19(17)18(25)13-16;1-31-8-7-14(12-31)23(32)29-22-21(25)27-19(13-5-3-2-4-6-13)20(28-22)15-9-16-11-26-30-18(16)17(24)10-15/h2-13H,1H3,(H2,27,30)(H,28,33)(H2,29,31,32,34);2-12H,1H3,(H2,26,30)(H,28,33)(H2,29,31,32,34);5-9,12-14H,3-4,10-11H2,1-2H3,(H2,26,29)(H,28,32)(H2,27,30,31,34);2-12H,1H3,(H2,25,27)(H,26,30)(H,28,29,32). The number of benzene rings is 9. The van der Waals surface area contributed by atoms with Gasteiger partial charge in [-0.3, -0.25) is 46.1 Å². The van der Waals surface area contributed by atoms with Crippen molar-refractivity contribution in [1.29, 1.82) is 0 Å². The maximum atomic E-state index is 12.7. The molecule has 19 aromatic rings. The number of carbonyl (C=O) groups excluding carboxylic acids is 4. The Hall–Kier alpha value is -16.8. The molecule has 19 rings (SSSR count). The number of carbonyl (C=O) groups is 4. The van der Waals surface area contributed by atoms with E-state index < -0.39 is 18.1 Å². The van der Waals surface area contributed by atoms with Crippen molar-refractivity contribution in [2.24, 2.45) is 7.05 Å². The summed E-state index contributed by atoms with van der Waals surface area (Å²) in [6.45, 7) is 11.1. The lowest BCUT2D eigenvalue weighted by atomic mass is 10.0. The van der Waals surface area contributed by atoms with Crippen LogP contribution in [0.4, 0.5) is 72.3 Å². The van der Waals surface area contributed by atoms with E-state index in [9.17, 15) is 19.2 Å². The van der Waals surface area contributed by atoms with Crippen molar-refractivity contribution in [1.82, 2.24) is 100 Å². The Bertz CT molecular complexity index is 7280. The maximum Gasteiger partial charge on any atom is 0.324 e. The number of nitrogen functional groups attached to an aromatic ring is 4. The molecule has 7 amide bonds. The van der Waals surface area contributed by atoms with Crippen molar-refractivity contribution in [3.05, 3.63) is 293 Å². The number of fused-ring (bicyclic) bond motifs is 4. The van der Waals surface area contributed by atoms with Crippen LogP contribution in [0.25, 0.3) is 134 Å². The Balaban J connectivity index is 0.000000130. The minimum atomic E-state index is -0.520. The molecule has 34 nitrogen and oxygen atoms in total. The number of hydrogen-bond donors (Lipinski definition) is 15. The molecule has 670 valence electrons. The number of aryl methyl sites for hydroxylation is 3. The molecule has 0 saturated carbocycles. The lowest BCUT2D eigenvalue weighted by Crippen LogP contribution is -2.37. The molecule has 0 spiro atoms. The van der Waals surface area contributed by atoms with Crippen LogP contribution in [0, 0.1) is 13.8 Å². The summed E-state index contributed by atoms with van der Waals surface area (Å²) in [5.74, 6) is 0.707. The van der Waals surface area contributed by atoms with Crippen molar-refractivity contribution in [2.75, 3.05) is 81.0 Å². The van der Waals surface area contributed by atoms with Gasteiger partial charge in [-0.05, 0) is 106 Å². The minimum Gasteiger partial charge on any atom is -0.381 e. The highest BCUT2D eigenvalue weighted by Gasteiger charge is 2.26. The Morgan fingerprint density at radius 2 is 0.687 bits per heavy atom. The molecule has 38 heteroatoms. The van der Waals surface area contributed by atoms with Gasteiger partial charge in [-0.2, -0.15) is 20.4 Å². The fourth-order valence-electron chi connectivity index (χ4n) is 14.3. The molecule has 0 atom stereocenters. The Morgan fingerprint density at radius 1 is 0.366 bits per heavy atom. The third-order valence-electron chi connectivity index (χ3n) is 21.1. The first kappa shape index (κ1) is 90.6. The second kappa shape index (κ2) is 40.9. The second-order valence-electron chi connectivity index (χ2n) is 30.4. The summed E-state index contributed by atoms with van der Waals surface area (Å²) in [4.78, 5) is 94.0. The molecule has 0 aliphatic heterocycles. The van der Waals surface area contributed by atoms with E-state index in [-0.39, 0.29) is 52.5 Å². The van der Waals surface area contributed by atoms with Crippen LogP contribution in [0.15, 0.2) is 256 Å². The number of urea groups is 3. The lowest BCUT2D eigenvalue weighted by molar-refractivity contribution is 0.102. The summed E-state index contributed by atoms with van der Waals surface area (Å²) in [7, 11) is 1.84. The topological polar surface area (TPSA) is 495 Å².